The van der Waals surface area contributed by atoms with Gasteiger partial charge in [-0.05, 0) is 5.56 Å². The number of amides is 1. The van der Waals surface area contributed by atoms with Crippen LogP contribution in [-0.2, 0) is 11.3 Å². The number of hydrogen-bond donors (Lipinski definition) is 5. The van der Waals surface area contributed by atoms with Gasteiger partial charge in [-0.2, -0.15) is 5.10 Å². The summed E-state index contributed by atoms with van der Waals surface area (Å²) >= 11 is 0. The Kier molecular flexibility index (Phi) is 14.4. The third kappa shape index (κ3) is 11.4. The molecular formula is C13H27N7O. The van der Waals surface area contributed by atoms with Crippen LogP contribution in [0.3, 0.4) is 0 Å². The zero-order chi connectivity index (χ0) is 16.7. The Balaban J connectivity index is 0. The maximum atomic E-state index is 10.7. The smallest absolute Gasteiger partial charge is 0.233 e. The van der Waals surface area contributed by atoms with Crippen LogP contribution < -0.4 is 28.7 Å². The summed E-state index contributed by atoms with van der Waals surface area (Å²) in [5.74, 6) is 15.3. The van der Waals surface area contributed by atoms with Crippen molar-refractivity contribution in [3.05, 3.63) is 35.9 Å². The molecular weight excluding hydrogens is 270 g/mol. The Morgan fingerprint density at radius 1 is 1.29 bits per heavy atom. The van der Waals surface area contributed by atoms with Crippen molar-refractivity contribution in [1.82, 2.24) is 10.4 Å². The summed E-state index contributed by atoms with van der Waals surface area (Å²) in [6, 6.07) is 9.64. The van der Waals surface area contributed by atoms with Crippen molar-refractivity contribution >= 4 is 11.7 Å². The Morgan fingerprint density at radius 2 is 1.81 bits per heavy atom. The second kappa shape index (κ2) is 14.3. The molecule has 0 saturated heterocycles. The Morgan fingerprint density at radius 3 is 2.10 bits per heavy atom. The van der Waals surface area contributed by atoms with E-state index in [0.717, 1.165) is 5.56 Å². The van der Waals surface area contributed by atoms with Crippen LogP contribution in [-0.4, -0.2) is 23.3 Å². The topological polar surface area (TPSA) is 149 Å². The van der Waals surface area contributed by atoms with Crippen molar-refractivity contribution in [3.63, 3.8) is 0 Å². The lowest BCUT2D eigenvalue weighted by atomic mass is 10.2. The first-order valence-electron chi connectivity index (χ1n) is 6.55. The number of rotatable bonds is 3. The summed E-state index contributed by atoms with van der Waals surface area (Å²) in [6.45, 7) is 6.16. The van der Waals surface area contributed by atoms with Crippen molar-refractivity contribution < 1.29 is 4.79 Å². The molecule has 21 heavy (non-hydrogen) atoms. The molecule has 0 aromatic heterocycles. The van der Waals surface area contributed by atoms with Crippen molar-refractivity contribution in [2.75, 3.05) is 6.54 Å². The number of hydrazone groups is 1. The van der Waals surface area contributed by atoms with Gasteiger partial charge in [-0.25, -0.2) is 11.7 Å². The molecule has 120 valence electrons. The van der Waals surface area contributed by atoms with E-state index in [1.54, 1.807) is 0 Å². The predicted octanol–water partition coefficient (Wildman–Crippen LogP) is -0.384. The van der Waals surface area contributed by atoms with Gasteiger partial charge in [-0.1, -0.05) is 44.2 Å². The molecule has 0 bridgehead atoms. The van der Waals surface area contributed by atoms with Crippen molar-refractivity contribution in [2.24, 2.45) is 28.4 Å². The molecule has 1 rings (SSSR count). The Hall–Kier alpha value is -2.16. The third-order valence-electron chi connectivity index (χ3n) is 2.12. The van der Waals surface area contributed by atoms with Gasteiger partial charge in [0.1, 0.15) is 5.84 Å². The summed E-state index contributed by atoms with van der Waals surface area (Å²) in [7, 11) is 0. The molecule has 0 fully saturated rings. The molecule has 0 saturated carbocycles. The summed E-state index contributed by atoms with van der Waals surface area (Å²) in [6.07, 6.45) is 0. The van der Waals surface area contributed by atoms with Gasteiger partial charge in [0.05, 0.1) is 13.1 Å². The van der Waals surface area contributed by atoms with Crippen LogP contribution in [0.5, 0.6) is 0 Å². The Labute approximate surface area is 126 Å². The standard InChI is InChI=1S/C9H12N2O.C2H9N5.C2H6/c1-8(12)11(10)7-9-5-3-2-4-6-9;3-1-2(6-4)7-5;1-2/h2-6H,7,10H2,1H3;1,3-5H2,(H,6,7);1-2H3. The van der Waals surface area contributed by atoms with E-state index in [4.69, 9.17) is 23.3 Å². The van der Waals surface area contributed by atoms with E-state index in [0.29, 0.717) is 12.4 Å². The van der Waals surface area contributed by atoms with Gasteiger partial charge in [0.2, 0.25) is 5.91 Å². The third-order valence-corrected chi connectivity index (χ3v) is 2.12. The molecule has 1 aromatic carbocycles. The van der Waals surface area contributed by atoms with Gasteiger partial charge in [-0.15, -0.1) is 0 Å². The molecule has 1 aromatic rings. The second-order valence-corrected chi connectivity index (χ2v) is 3.56. The van der Waals surface area contributed by atoms with E-state index in [1.165, 1.54) is 11.9 Å². The molecule has 0 aliphatic carbocycles. The molecule has 1 amide bonds. The van der Waals surface area contributed by atoms with E-state index in [9.17, 15) is 4.79 Å². The highest BCUT2D eigenvalue weighted by molar-refractivity contribution is 5.82. The van der Waals surface area contributed by atoms with Crippen molar-refractivity contribution in [3.8, 4) is 0 Å². The number of carbonyl (C=O) groups is 1. The fraction of sp³-hybridized carbons (Fsp3) is 0.385. The molecule has 0 atom stereocenters. The number of hydrogen-bond acceptors (Lipinski definition) is 6. The zero-order valence-corrected chi connectivity index (χ0v) is 12.9. The molecule has 0 aliphatic heterocycles. The number of nitrogens with two attached hydrogens (primary N) is 4. The summed E-state index contributed by atoms with van der Waals surface area (Å²) < 4.78 is 0. The number of hydrazine groups is 2. The molecule has 0 spiro atoms. The number of nitrogens with one attached hydrogen (secondary N) is 1. The van der Waals surface area contributed by atoms with Crippen LogP contribution in [0.15, 0.2) is 35.4 Å². The average molecular weight is 297 g/mol. The minimum absolute atomic E-state index is 0.126. The van der Waals surface area contributed by atoms with Gasteiger partial charge < -0.3 is 17.0 Å². The lowest BCUT2D eigenvalue weighted by Gasteiger charge is -2.13. The first-order valence-corrected chi connectivity index (χ1v) is 6.55. The average Bonchev–Trinajstić information content (AvgIpc) is 2.52. The second-order valence-electron chi connectivity index (χ2n) is 3.56. The molecule has 0 heterocycles. The number of carbonyl (C=O) groups excluding carboxylic acids is 1. The lowest BCUT2D eigenvalue weighted by Crippen LogP contribution is -2.36. The summed E-state index contributed by atoms with van der Waals surface area (Å²) in [5.41, 5.74) is 8.28. The van der Waals surface area contributed by atoms with Crippen molar-refractivity contribution in [2.45, 2.75) is 27.3 Å². The van der Waals surface area contributed by atoms with Crippen LogP contribution in [0.1, 0.15) is 26.3 Å². The minimum atomic E-state index is -0.126. The number of nitrogens with zero attached hydrogens (tertiary/aromatic N) is 2. The first kappa shape index (κ1) is 21.1. The summed E-state index contributed by atoms with van der Waals surface area (Å²) in [4.78, 5) is 10.7. The normalized spacial score (nSPS) is 9.52. The largest absolute Gasteiger partial charge is 0.324 e. The van der Waals surface area contributed by atoms with E-state index < -0.39 is 0 Å². The van der Waals surface area contributed by atoms with Gasteiger partial charge in [-0.3, -0.25) is 9.80 Å². The molecule has 8 nitrogen and oxygen atoms in total. The molecule has 0 radical (unpaired) electrons. The van der Waals surface area contributed by atoms with Crippen LogP contribution >= 0.6 is 0 Å². The Bertz CT molecular complexity index is 389. The molecule has 0 aliphatic rings. The number of amidine groups is 1. The fourth-order valence-electron chi connectivity index (χ4n) is 1.04. The highest BCUT2D eigenvalue weighted by Crippen LogP contribution is 2.00. The lowest BCUT2D eigenvalue weighted by molar-refractivity contribution is -0.129. The quantitative estimate of drug-likeness (QED) is 0.169. The summed E-state index contributed by atoms with van der Waals surface area (Å²) in [5, 5.41) is 4.37. The monoisotopic (exact) mass is 297 g/mol. The minimum Gasteiger partial charge on any atom is -0.324 e. The van der Waals surface area contributed by atoms with Crippen LogP contribution in [0.2, 0.25) is 0 Å². The van der Waals surface area contributed by atoms with E-state index in [-0.39, 0.29) is 12.5 Å². The highest BCUT2D eigenvalue weighted by Gasteiger charge is 2.02. The van der Waals surface area contributed by atoms with Gasteiger partial charge in [0.15, 0.2) is 0 Å². The van der Waals surface area contributed by atoms with Crippen molar-refractivity contribution in [1.29, 1.82) is 0 Å². The van der Waals surface area contributed by atoms with Gasteiger partial charge in [0, 0.05) is 6.92 Å². The fourth-order valence-corrected chi connectivity index (χ4v) is 1.04. The molecule has 8 heteroatoms. The highest BCUT2D eigenvalue weighted by atomic mass is 16.2. The SMILES string of the molecule is CC.CC(=O)N(N)Cc1ccccc1.NC/C(=N/N)NN. The van der Waals surface area contributed by atoms with Crippen LogP contribution in [0.4, 0.5) is 0 Å². The van der Waals surface area contributed by atoms with Gasteiger partial charge >= 0.3 is 0 Å². The molecule has 0 unspecified atom stereocenters. The molecule has 9 N–H and O–H groups in total. The maximum absolute atomic E-state index is 10.7. The van der Waals surface area contributed by atoms with Crippen LogP contribution in [0.25, 0.3) is 0 Å². The van der Waals surface area contributed by atoms with Crippen LogP contribution in [0, 0.1) is 0 Å². The predicted molar refractivity (Wildman–Crippen MR) is 86.2 cm³/mol. The number of benzene rings is 1. The maximum Gasteiger partial charge on any atom is 0.233 e. The van der Waals surface area contributed by atoms with E-state index in [1.807, 2.05) is 44.2 Å². The zero-order valence-electron chi connectivity index (χ0n) is 12.9. The van der Waals surface area contributed by atoms with E-state index in [2.05, 4.69) is 10.5 Å². The van der Waals surface area contributed by atoms with Gasteiger partial charge in [0.25, 0.3) is 0 Å². The first-order chi connectivity index (χ1) is 10.0. The van der Waals surface area contributed by atoms with E-state index >= 15 is 0 Å².